The Kier molecular flexibility index (Phi) is 40.7. The Hall–Kier alpha value is 4.37. The maximum Gasteiger partial charge on any atom is 1.00 e. The molecule has 2 N–H and O–H groups in total. The molecular formula is CH4Na4O9P2S. The summed E-state index contributed by atoms with van der Waals surface area (Å²) in [7, 11) is -10.4. The van der Waals surface area contributed by atoms with Gasteiger partial charge in [-0.2, -0.15) is 4.21 Å². The average molecular weight is 346 g/mol. The van der Waals surface area contributed by atoms with E-state index >= 15 is 0 Å². The molecule has 0 radical (unpaired) electrons. The Bertz CT molecular complexity index is 236. The molecule has 0 aromatic rings. The summed E-state index contributed by atoms with van der Waals surface area (Å²) >= 11 is -2.61. The van der Waals surface area contributed by atoms with Gasteiger partial charge in [-0.3, -0.25) is 9.11 Å². The molecule has 17 heavy (non-hydrogen) atoms. The smallest absolute Gasteiger partial charge is 0.810 e. The van der Waals surface area contributed by atoms with E-state index in [0.717, 1.165) is 0 Å². The fourth-order valence-corrected chi connectivity index (χ4v) is 1.91. The SMILES string of the molecule is O=P([O-])([O-])CP(=O)([O-])[O-].O=S(O)O.[Na+].[Na+].[Na+].[Na+]. The number of hydrogen-bond donors (Lipinski definition) is 2. The second kappa shape index (κ2) is 18.4. The molecule has 82 valence electrons. The van der Waals surface area contributed by atoms with Crippen LogP contribution < -0.4 is 138 Å². The largest absolute Gasteiger partial charge is 1.00 e. The zero-order valence-corrected chi connectivity index (χ0v) is 20.4. The van der Waals surface area contributed by atoms with Gasteiger partial charge in [0.15, 0.2) is 0 Å². The van der Waals surface area contributed by atoms with Crippen molar-refractivity contribution in [2.24, 2.45) is 0 Å². The third-order valence-electron chi connectivity index (χ3n) is 0.346. The third kappa shape index (κ3) is 63.9. The van der Waals surface area contributed by atoms with E-state index in [9.17, 15) is 28.7 Å². The first-order chi connectivity index (χ1) is 5.44. The van der Waals surface area contributed by atoms with Crippen molar-refractivity contribution in [1.82, 2.24) is 0 Å². The normalized spacial score (nSPS) is 9.35. The van der Waals surface area contributed by atoms with Gasteiger partial charge in [-0.1, -0.05) is 15.2 Å². The van der Waals surface area contributed by atoms with Gasteiger partial charge < -0.3 is 28.7 Å². The Balaban J connectivity index is -0.0000000338. The van der Waals surface area contributed by atoms with Crippen LogP contribution in [0.1, 0.15) is 0 Å². The molecule has 0 spiro atoms. The predicted octanol–water partition coefficient (Wildman–Crippen LogP) is -15.5. The summed E-state index contributed by atoms with van der Waals surface area (Å²) in [6.45, 7) is 0. The molecule has 0 aliphatic carbocycles. The molecule has 0 saturated heterocycles. The molecule has 16 heteroatoms. The van der Waals surface area contributed by atoms with Crippen molar-refractivity contribution in [2.75, 3.05) is 5.90 Å². The van der Waals surface area contributed by atoms with Crippen molar-refractivity contribution in [1.29, 1.82) is 0 Å². The molecule has 0 bridgehead atoms. The number of hydrogen-bond acceptors (Lipinski definition) is 7. The molecule has 0 aliphatic rings. The van der Waals surface area contributed by atoms with Crippen LogP contribution in [0.4, 0.5) is 0 Å². The van der Waals surface area contributed by atoms with Crippen LogP contribution >= 0.6 is 15.2 Å². The van der Waals surface area contributed by atoms with E-state index in [1.807, 2.05) is 0 Å². The van der Waals surface area contributed by atoms with Crippen LogP contribution in [0, 0.1) is 0 Å². The van der Waals surface area contributed by atoms with Gasteiger partial charge in [0.1, 0.15) is 0 Å². The zero-order chi connectivity index (χ0) is 11.3. The van der Waals surface area contributed by atoms with Crippen LogP contribution in [0.25, 0.3) is 0 Å². The Morgan fingerprint density at radius 1 is 0.824 bits per heavy atom. The van der Waals surface area contributed by atoms with Crippen LogP contribution in [-0.2, 0) is 20.5 Å². The monoisotopic (exact) mass is 346 g/mol. The average Bonchev–Trinajstić information content (AvgIpc) is 1.47. The van der Waals surface area contributed by atoms with E-state index in [1.165, 1.54) is 0 Å². The molecule has 0 aromatic carbocycles. The molecule has 0 aromatic heterocycles. The van der Waals surface area contributed by atoms with E-state index in [2.05, 4.69) is 0 Å². The fourth-order valence-electron chi connectivity index (χ4n) is 0.212. The molecule has 9 nitrogen and oxygen atoms in total. The van der Waals surface area contributed by atoms with Gasteiger partial charge >= 0.3 is 118 Å². The van der Waals surface area contributed by atoms with Crippen molar-refractivity contribution in [3.8, 4) is 0 Å². The van der Waals surface area contributed by atoms with Crippen molar-refractivity contribution in [3.05, 3.63) is 0 Å². The molecule has 0 unspecified atom stereocenters. The van der Waals surface area contributed by atoms with Crippen molar-refractivity contribution < 1.29 is 160 Å². The second-order valence-corrected chi connectivity index (χ2v) is 5.63. The van der Waals surface area contributed by atoms with E-state index in [0.29, 0.717) is 0 Å². The summed E-state index contributed by atoms with van der Waals surface area (Å²) in [4.78, 5) is 38.2. The minimum atomic E-state index is -5.18. The van der Waals surface area contributed by atoms with Crippen molar-refractivity contribution in [3.63, 3.8) is 0 Å². The van der Waals surface area contributed by atoms with Crippen molar-refractivity contribution >= 4 is 26.6 Å². The summed E-state index contributed by atoms with van der Waals surface area (Å²) in [5.74, 6) is -1.82. The van der Waals surface area contributed by atoms with E-state index in [4.69, 9.17) is 13.3 Å². The third-order valence-corrected chi connectivity index (χ3v) is 3.12. The molecule has 0 fully saturated rings. The Labute approximate surface area is 189 Å². The first-order valence-corrected chi connectivity index (χ1v) is 6.78. The van der Waals surface area contributed by atoms with Gasteiger partial charge in [0, 0.05) is 5.90 Å². The summed E-state index contributed by atoms with van der Waals surface area (Å²) in [6, 6.07) is 0. The van der Waals surface area contributed by atoms with E-state index in [1.54, 1.807) is 0 Å². The summed E-state index contributed by atoms with van der Waals surface area (Å²) in [6.07, 6.45) is 0. The summed E-state index contributed by atoms with van der Waals surface area (Å²) < 4.78 is 41.9. The molecule has 0 amide bonds. The standard InChI is InChI=1S/CH6O6P2.4Na.H2O3S/c2-8(3,4)1-9(5,6)7;;;;;1-4(2)3/h1H2,(H2,2,3,4)(H2,5,6,7);;;;;(H2,1,2,3)/q;4*+1;/p-4. The molecule has 0 rings (SSSR count). The molecule has 0 heterocycles. The predicted molar refractivity (Wildman–Crippen MR) is 33.5 cm³/mol. The van der Waals surface area contributed by atoms with Crippen LogP contribution in [0.5, 0.6) is 0 Å². The van der Waals surface area contributed by atoms with Gasteiger partial charge in [0.2, 0.25) is 0 Å². The Morgan fingerprint density at radius 2 is 0.941 bits per heavy atom. The van der Waals surface area contributed by atoms with E-state index < -0.39 is 32.5 Å². The first kappa shape index (κ1) is 37.5. The maximum atomic E-state index is 9.55. The van der Waals surface area contributed by atoms with Crippen LogP contribution in [0.3, 0.4) is 0 Å². The first-order valence-electron chi connectivity index (χ1n) is 2.26. The van der Waals surface area contributed by atoms with Gasteiger partial charge in [-0.15, -0.1) is 0 Å². The number of rotatable bonds is 2. The van der Waals surface area contributed by atoms with Gasteiger partial charge in [-0.25, -0.2) is 0 Å². The topological polar surface area (TPSA) is 184 Å². The summed E-state index contributed by atoms with van der Waals surface area (Å²) in [5.41, 5.74) is 0. The fraction of sp³-hybridized carbons (Fsp3) is 1.00. The van der Waals surface area contributed by atoms with Crippen molar-refractivity contribution in [2.45, 2.75) is 0 Å². The van der Waals surface area contributed by atoms with Crippen LogP contribution in [-0.4, -0.2) is 19.2 Å². The minimum absolute atomic E-state index is 0. The quantitative estimate of drug-likeness (QED) is 0.278. The molecule has 0 saturated carbocycles. The molecule has 0 aliphatic heterocycles. The minimum Gasteiger partial charge on any atom is -0.810 e. The zero-order valence-electron chi connectivity index (χ0n) is 9.76. The second-order valence-electron chi connectivity index (χ2n) is 1.59. The maximum absolute atomic E-state index is 9.55. The van der Waals surface area contributed by atoms with Gasteiger partial charge in [0.25, 0.3) is 11.4 Å². The van der Waals surface area contributed by atoms with E-state index in [-0.39, 0.29) is 118 Å². The van der Waals surface area contributed by atoms with Crippen LogP contribution in [0.15, 0.2) is 0 Å². The molecule has 0 atom stereocenters. The Morgan fingerprint density at radius 3 is 0.941 bits per heavy atom. The summed E-state index contributed by atoms with van der Waals surface area (Å²) in [5, 5.41) is 0. The van der Waals surface area contributed by atoms with Crippen LogP contribution in [0.2, 0.25) is 0 Å². The van der Waals surface area contributed by atoms with Gasteiger partial charge in [-0.05, 0) is 0 Å². The molecular weight excluding hydrogens is 342 g/mol. The van der Waals surface area contributed by atoms with Gasteiger partial charge in [0.05, 0.1) is 0 Å².